The van der Waals surface area contributed by atoms with Crippen molar-refractivity contribution < 1.29 is 4.79 Å². The van der Waals surface area contributed by atoms with Crippen LogP contribution >= 0.6 is 11.3 Å². The van der Waals surface area contributed by atoms with Crippen molar-refractivity contribution in [1.82, 2.24) is 19.8 Å². The highest BCUT2D eigenvalue weighted by molar-refractivity contribution is 7.09. The molecule has 0 radical (unpaired) electrons. The number of H-pyrrole nitrogens is 1. The molecule has 122 valence electrons. The molecule has 0 unspecified atom stereocenters. The maximum atomic E-state index is 12.8. The standard InChI is InChI=1S/C17H22N4OS/c1-12-19-16(11-23-12)13-8-15(18-9-13)17(22)21-7-6-20-5-3-2-4-14(20)10-21/h8-9,11,14,18H,2-7,10H2,1H3/t14-/m1/s1. The molecule has 1 amide bonds. The molecule has 0 saturated carbocycles. The molecule has 6 heteroatoms. The molecule has 5 nitrogen and oxygen atoms in total. The molecular weight excluding hydrogens is 308 g/mol. The van der Waals surface area contributed by atoms with Gasteiger partial charge in [-0.25, -0.2) is 4.98 Å². The van der Waals surface area contributed by atoms with Gasteiger partial charge in [-0.15, -0.1) is 11.3 Å². The monoisotopic (exact) mass is 330 g/mol. The average Bonchev–Trinajstić information content (AvgIpc) is 3.22. The van der Waals surface area contributed by atoms with Crippen LogP contribution in [0.4, 0.5) is 0 Å². The summed E-state index contributed by atoms with van der Waals surface area (Å²) in [6, 6.07) is 2.49. The summed E-state index contributed by atoms with van der Waals surface area (Å²) in [7, 11) is 0. The molecule has 4 rings (SSSR count). The van der Waals surface area contributed by atoms with E-state index < -0.39 is 0 Å². The van der Waals surface area contributed by atoms with E-state index in [4.69, 9.17) is 0 Å². The summed E-state index contributed by atoms with van der Waals surface area (Å²) >= 11 is 1.63. The highest BCUT2D eigenvalue weighted by atomic mass is 32.1. The Bertz CT molecular complexity index is 707. The number of carbonyl (C=O) groups is 1. The van der Waals surface area contributed by atoms with E-state index in [1.54, 1.807) is 11.3 Å². The lowest BCUT2D eigenvalue weighted by molar-refractivity contribution is 0.0369. The van der Waals surface area contributed by atoms with E-state index in [0.717, 1.165) is 35.9 Å². The number of aromatic amines is 1. The van der Waals surface area contributed by atoms with E-state index in [0.29, 0.717) is 11.7 Å². The Balaban J connectivity index is 1.48. The SMILES string of the molecule is Cc1nc(-c2c[nH]c(C(=O)N3CCN4CCCC[C@@H]4C3)c2)cs1. The Morgan fingerprint density at radius 3 is 3.09 bits per heavy atom. The Morgan fingerprint density at radius 1 is 1.35 bits per heavy atom. The fourth-order valence-electron chi connectivity index (χ4n) is 3.67. The lowest BCUT2D eigenvalue weighted by Gasteiger charge is -2.43. The largest absolute Gasteiger partial charge is 0.357 e. The number of amides is 1. The molecule has 2 aromatic heterocycles. The molecule has 2 aliphatic rings. The second-order valence-corrected chi connectivity index (χ2v) is 7.55. The zero-order valence-corrected chi connectivity index (χ0v) is 14.2. The number of aryl methyl sites for hydroxylation is 1. The molecule has 0 aromatic carbocycles. The van der Waals surface area contributed by atoms with E-state index in [-0.39, 0.29) is 5.91 Å². The van der Waals surface area contributed by atoms with E-state index in [9.17, 15) is 4.79 Å². The van der Waals surface area contributed by atoms with Crippen molar-refractivity contribution in [3.05, 3.63) is 28.3 Å². The fourth-order valence-corrected chi connectivity index (χ4v) is 4.29. The highest BCUT2D eigenvalue weighted by Crippen LogP contribution is 2.25. The van der Waals surface area contributed by atoms with Gasteiger partial charge in [0.05, 0.1) is 10.7 Å². The summed E-state index contributed by atoms with van der Waals surface area (Å²) in [5.41, 5.74) is 2.61. The number of carbonyl (C=O) groups excluding carboxylic acids is 1. The van der Waals surface area contributed by atoms with Crippen molar-refractivity contribution >= 4 is 17.2 Å². The van der Waals surface area contributed by atoms with Crippen LogP contribution in [-0.2, 0) is 0 Å². The first-order chi connectivity index (χ1) is 11.2. The molecule has 1 atom stereocenters. The lowest BCUT2D eigenvalue weighted by atomic mass is 9.99. The van der Waals surface area contributed by atoms with E-state index >= 15 is 0 Å². The topological polar surface area (TPSA) is 52.2 Å². The molecular formula is C17H22N4OS. The van der Waals surface area contributed by atoms with Crippen LogP contribution in [0, 0.1) is 6.92 Å². The normalized spacial score (nSPS) is 22.1. The van der Waals surface area contributed by atoms with Gasteiger partial charge in [0, 0.05) is 42.8 Å². The smallest absolute Gasteiger partial charge is 0.270 e. The third-order valence-corrected chi connectivity index (χ3v) is 5.73. The maximum absolute atomic E-state index is 12.8. The summed E-state index contributed by atoms with van der Waals surface area (Å²) in [4.78, 5) is 25.0. The van der Waals surface area contributed by atoms with Crippen LogP contribution < -0.4 is 0 Å². The van der Waals surface area contributed by atoms with Crippen molar-refractivity contribution in [2.75, 3.05) is 26.2 Å². The van der Waals surface area contributed by atoms with Gasteiger partial charge in [-0.2, -0.15) is 0 Å². The van der Waals surface area contributed by atoms with Crippen molar-refractivity contribution in [2.24, 2.45) is 0 Å². The summed E-state index contributed by atoms with van der Waals surface area (Å²) in [5, 5.41) is 3.08. The molecule has 2 aliphatic heterocycles. The van der Waals surface area contributed by atoms with Gasteiger partial charge in [0.2, 0.25) is 0 Å². The maximum Gasteiger partial charge on any atom is 0.270 e. The first-order valence-electron chi connectivity index (χ1n) is 8.35. The zero-order valence-electron chi connectivity index (χ0n) is 13.4. The number of thiazole rings is 1. The van der Waals surface area contributed by atoms with Gasteiger partial charge in [0.1, 0.15) is 5.69 Å². The van der Waals surface area contributed by atoms with E-state index in [1.807, 2.05) is 29.5 Å². The van der Waals surface area contributed by atoms with Crippen LogP contribution in [0.2, 0.25) is 0 Å². The number of hydrogen-bond acceptors (Lipinski definition) is 4. The number of nitrogens with one attached hydrogen (secondary N) is 1. The summed E-state index contributed by atoms with van der Waals surface area (Å²) in [5.74, 6) is 0.119. The molecule has 4 heterocycles. The molecule has 2 aromatic rings. The third-order valence-electron chi connectivity index (χ3n) is 4.95. The number of rotatable bonds is 2. The highest BCUT2D eigenvalue weighted by Gasteiger charge is 2.31. The molecule has 2 fully saturated rings. The van der Waals surface area contributed by atoms with Gasteiger partial charge in [-0.05, 0) is 32.4 Å². The fraction of sp³-hybridized carbons (Fsp3) is 0.529. The van der Waals surface area contributed by atoms with E-state index in [1.165, 1.54) is 25.8 Å². The summed E-state index contributed by atoms with van der Waals surface area (Å²) in [6.45, 7) is 5.90. The summed E-state index contributed by atoms with van der Waals surface area (Å²) < 4.78 is 0. The molecule has 0 aliphatic carbocycles. The van der Waals surface area contributed by atoms with Crippen molar-refractivity contribution in [1.29, 1.82) is 0 Å². The first kappa shape index (κ1) is 14.9. The van der Waals surface area contributed by atoms with Crippen LogP contribution in [0.15, 0.2) is 17.6 Å². The van der Waals surface area contributed by atoms with Crippen molar-refractivity contribution in [3.8, 4) is 11.3 Å². The van der Waals surface area contributed by atoms with Crippen LogP contribution in [0.1, 0.15) is 34.8 Å². The number of fused-ring (bicyclic) bond motifs is 1. The van der Waals surface area contributed by atoms with Gasteiger partial charge in [-0.3, -0.25) is 9.69 Å². The van der Waals surface area contributed by atoms with Crippen molar-refractivity contribution in [2.45, 2.75) is 32.2 Å². The molecule has 23 heavy (non-hydrogen) atoms. The zero-order chi connectivity index (χ0) is 15.8. The molecule has 2 saturated heterocycles. The number of piperidine rings is 1. The Hall–Kier alpha value is -1.66. The van der Waals surface area contributed by atoms with Crippen LogP contribution in [0.3, 0.4) is 0 Å². The van der Waals surface area contributed by atoms with Crippen LogP contribution in [0.25, 0.3) is 11.3 Å². The molecule has 0 spiro atoms. The lowest BCUT2D eigenvalue weighted by Crippen LogP contribution is -2.56. The second kappa shape index (κ2) is 6.09. The minimum Gasteiger partial charge on any atom is -0.357 e. The summed E-state index contributed by atoms with van der Waals surface area (Å²) in [6.07, 6.45) is 5.70. The molecule has 0 bridgehead atoms. The average molecular weight is 330 g/mol. The molecule has 1 N–H and O–H groups in total. The van der Waals surface area contributed by atoms with Crippen LogP contribution in [0.5, 0.6) is 0 Å². The third kappa shape index (κ3) is 2.93. The number of aromatic nitrogens is 2. The van der Waals surface area contributed by atoms with Gasteiger partial charge in [0.25, 0.3) is 5.91 Å². The minimum atomic E-state index is 0.119. The number of piperazine rings is 1. The quantitative estimate of drug-likeness (QED) is 0.921. The van der Waals surface area contributed by atoms with Gasteiger partial charge >= 0.3 is 0 Å². The first-order valence-corrected chi connectivity index (χ1v) is 9.23. The number of nitrogens with zero attached hydrogens (tertiary/aromatic N) is 3. The van der Waals surface area contributed by atoms with Gasteiger partial charge < -0.3 is 9.88 Å². The van der Waals surface area contributed by atoms with Crippen LogP contribution in [-0.4, -0.2) is 57.9 Å². The Morgan fingerprint density at radius 2 is 2.26 bits per heavy atom. The predicted octanol–water partition coefficient (Wildman–Crippen LogP) is 2.76. The number of hydrogen-bond donors (Lipinski definition) is 1. The minimum absolute atomic E-state index is 0.119. The van der Waals surface area contributed by atoms with Gasteiger partial charge in [-0.1, -0.05) is 6.42 Å². The Labute approximate surface area is 140 Å². The van der Waals surface area contributed by atoms with Crippen molar-refractivity contribution in [3.63, 3.8) is 0 Å². The second-order valence-electron chi connectivity index (χ2n) is 6.49. The van der Waals surface area contributed by atoms with Gasteiger partial charge in [0.15, 0.2) is 0 Å². The predicted molar refractivity (Wildman–Crippen MR) is 91.8 cm³/mol. The van der Waals surface area contributed by atoms with E-state index in [2.05, 4.69) is 14.9 Å². The Kier molecular flexibility index (Phi) is 3.95.